The first-order chi connectivity index (χ1) is 21.7. The molecule has 8 aromatic rings. The van der Waals surface area contributed by atoms with E-state index in [1.165, 1.54) is 105 Å². The van der Waals surface area contributed by atoms with Crippen LogP contribution in [0.5, 0.6) is 0 Å². The summed E-state index contributed by atoms with van der Waals surface area (Å²) in [5.74, 6) is 0. The minimum atomic E-state index is 0.975. The molecule has 3 heteroatoms. The lowest BCUT2D eigenvalue weighted by Gasteiger charge is -2.25. The molecule has 0 amide bonds. The molecule has 0 bridgehead atoms. The maximum absolute atomic E-state index is 3.93. The van der Waals surface area contributed by atoms with E-state index in [0.29, 0.717) is 0 Å². The topological polar surface area (TPSA) is 20.7 Å². The first-order valence-corrected chi connectivity index (χ1v) is 15.5. The monoisotopic (exact) mass is 559 g/mol. The van der Waals surface area contributed by atoms with E-state index in [1.807, 2.05) is 0 Å². The SMILES string of the molecule is Cc1cccc(C)c1-c1cc(-c2cccc3c4c([nH]c23)-c2ccccc2C4)c2c(c1)-n1c3ccccc3c3cccc(c31)[B]2. The lowest BCUT2D eigenvalue weighted by atomic mass is 9.58. The third kappa shape index (κ3) is 3.11. The molecular formula is C41H28BN2. The maximum atomic E-state index is 3.93. The van der Waals surface area contributed by atoms with Gasteiger partial charge in [0.15, 0.2) is 7.28 Å². The van der Waals surface area contributed by atoms with E-state index >= 15 is 0 Å². The summed E-state index contributed by atoms with van der Waals surface area (Å²) in [5, 5.41) is 3.93. The Labute approximate surface area is 256 Å². The van der Waals surface area contributed by atoms with E-state index in [-0.39, 0.29) is 0 Å². The molecule has 0 spiro atoms. The van der Waals surface area contributed by atoms with Crippen LogP contribution in [0, 0.1) is 13.8 Å². The Balaban J connectivity index is 1.33. The van der Waals surface area contributed by atoms with E-state index in [2.05, 4.69) is 146 Å². The number of fused-ring (bicyclic) bond motifs is 10. The molecule has 1 N–H and O–H groups in total. The lowest BCUT2D eigenvalue weighted by molar-refractivity contribution is 1.19. The van der Waals surface area contributed by atoms with Crippen molar-refractivity contribution in [1.82, 2.24) is 9.55 Å². The van der Waals surface area contributed by atoms with Crippen molar-refractivity contribution in [3.8, 4) is 39.2 Å². The quantitative estimate of drug-likeness (QED) is 0.205. The van der Waals surface area contributed by atoms with Gasteiger partial charge in [-0.25, -0.2) is 0 Å². The normalized spacial score (nSPS) is 12.9. The van der Waals surface area contributed by atoms with Crippen LogP contribution in [0.3, 0.4) is 0 Å². The Bertz CT molecular complexity index is 2510. The van der Waals surface area contributed by atoms with E-state index in [4.69, 9.17) is 0 Å². The number of benzene rings is 6. The summed E-state index contributed by atoms with van der Waals surface area (Å²) in [5.41, 5.74) is 20.7. The Hall–Kier alpha value is -5.28. The molecule has 6 aromatic carbocycles. The summed E-state index contributed by atoms with van der Waals surface area (Å²) < 4.78 is 2.51. The van der Waals surface area contributed by atoms with Crippen molar-refractivity contribution in [3.63, 3.8) is 0 Å². The second-order valence-electron chi connectivity index (χ2n) is 12.5. The minimum absolute atomic E-state index is 0.975. The molecule has 2 aliphatic rings. The van der Waals surface area contributed by atoms with Crippen molar-refractivity contribution in [2.75, 3.05) is 0 Å². The largest absolute Gasteiger partial charge is 0.354 e. The molecule has 2 nitrogen and oxygen atoms in total. The number of H-pyrrole nitrogens is 1. The number of nitrogens with one attached hydrogen (secondary N) is 1. The number of aromatic amines is 1. The van der Waals surface area contributed by atoms with Crippen LogP contribution in [-0.4, -0.2) is 16.8 Å². The Morgan fingerprint density at radius 3 is 2.30 bits per heavy atom. The fourth-order valence-corrected chi connectivity index (χ4v) is 8.20. The van der Waals surface area contributed by atoms with Crippen molar-refractivity contribution in [2.45, 2.75) is 20.3 Å². The highest BCUT2D eigenvalue weighted by molar-refractivity contribution is 6.73. The van der Waals surface area contributed by atoms with Crippen molar-refractivity contribution >= 4 is 50.9 Å². The van der Waals surface area contributed by atoms with Gasteiger partial charge in [-0.2, -0.15) is 0 Å². The van der Waals surface area contributed by atoms with Gasteiger partial charge in [-0.15, -0.1) is 0 Å². The van der Waals surface area contributed by atoms with Gasteiger partial charge < -0.3 is 9.55 Å². The van der Waals surface area contributed by atoms with Crippen LogP contribution in [-0.2, 0) is 6.42 Å². The van der Waals surface area contributed by atoms with Crippen molar-refractivity contribution < 1.29 is 0 Å². The second-order valence-corrected chi connectivity index (χ2v) is 12.5. The van der Waals surface area contributed by atoms with Crippen LogP contribution < -0.4 is 10.9 Å². The molecule has 44 heavy (non-hydrogen) atoms. The van der Waals surface area contributed by atoms with Crippen molar-refractivity contribution in [3.05, 3.63) is 138 Å². The Morgan fingerprint density at radius 2 is 1.39 bits per heavy atom. The summed E-state index contributed by atoms with van der Waals surface area (Å²) in [6.07, 6.45) is 0.975. The number of hydrogen-bond donors (Lipinski definition) is 1. The van der Waals surface area contributed by atoms with Gasteiger partial charge in [-0.3, -0.25) is 0 Å². The summed E-state index contributed by atoms with van der Waals surface area (Å²) >= 11 is 0. The van der Waals surface area contributed by atoms with Gasteiger partial charge in [0.05, 0.1) is 16.7 Å². The molecule has 1 aliphatic carbocycles. The average molecular weight is 560 g/mol. The molecule has 0 atom stereocenters. The highest BCUT2D eigenvalue weighted by Gasteiger charge is 2.29. The van der Waals surface area contributed by atoms with Gasteiger partial charge in [0.25, 0.3) is 0 Å². The zero-order valence-electron chi connectivity index (χ0n) is 24.7. The Morgan fingerprint density at radius 1 is 0.659 bits per heavy atom. The second kappa shape index (κ2) is 8.64. The summed E-state index contributed by atoms with van der Waals surface area (Å²) in [6.45, 7) is 4.47. The molecule has 0 unspecified atom stereocenters. The first-order valence-electron chi connectivity index (χ1n) is 15.5. The van der Waals surface area contributed by atoms with Crippen LogP contribution >= 0.6 is 0 Å². The van der Waals surface area contributed by atoms with Gasteiger partial charge in [0, 0.05) is 44.9 Å². The highest BCUT2D eigenvalue weighted by atomic mass is 15.0. The zero-order chi connectivity index (χ0) is 29.1. The number of rotatable bonds is 2. The first kappa shape index (κ1) is 24.2. The van der Waals surface area contributed by atoms with Gasteiger partial charge in [0.2, 0.25) is 0 Å². The van der Waals surface area contributed by atoms with Crippen molar-refractivity contribution in [2.24, 2.45) is 0 Å². The number of para-hydroxylation sites is 3. The number of hydrogen-bond acceptors (Lipinski definition) is 0. The third-order valence-electron chi connectivity index (χ3n) is 10.1. The van der Waals surface area contributed by atoms with Crippen LogP contribution in [0.1, 0.15) is 22.3 Å². The summed E-state index contributed by atoms with van der Waals surface area (Å²) in [7, 11) is 2.42. The van der Waals surface area contributed by atoms with Crippen LogP contribution in [0.4, 0.5) is 0 Å². The van der Waals surface area contributed by atoms with E-state index in [1.54, 1.807) is 0 Å². The average Bonchev–Trinajstić information content (AvgIpc) is 3.71. The molecule has 3 heterocycles. The number of nitrogens with zero attached hydrogens (tertiary/aromatic N) is 1. The van der Waals surface area contributed by atoms with E-state index in [9.17, 15) is 0 Å². The molecule has 10 rings (SSSR count). The van der Waals surface area contributed by atoms with E-state index < -0.39 is 0 Å². The number of aryl methyl sites for hydroxylation is 2. The van der Waals surface area contributed by atoms with Crippen molar-refractivity contribution in [1.29, 1.82) is 0 Å². The third-order valence-corrected chi connectivity index (χ3v) is 10.1. The van der Waals surface area contributed by atoms with Crippen LogP contribution in [0.25, 0.3) is 71.9 Å². The fourth-order valence-electron chi connectivity index (χ4n) is 8.20. The smallest absolute Gasteiger partial charge is 0.197 e. The molecule has 0 saturated heterocycles. The van der Waals surface area contributed by atoms with Gasteiger partial charge in [-0.1, -0.05) is 103 Å². The number of aromatic nitrogens is 2. The van der Waals surface area contributed by atoms with Crippen LogP contribution in [0.2, 0.25) is 0 Å². The lowest BCUT2D eigenvalue weighted by Crippen LogP contribution is -2.37. The Kier molecular flexibility index (Phi) is 4.75. The molecule has 1 radical (unpaired) electrons. The van der Waals surface area contributed by atoms with Crippen LogP contribution in [0.15, 0.2) is 115 Å². The zero-order valence-corrected chi connectivity index (χ0v) is 24.7. The predicted molar refractivity (Wildman–Crippen MR) is 186 cm³/mol. The molecule has 0 fully saturated rings. The molecule has 0 saturated carbocycles. The minimum Gasteiger partial charge on any atom is -0.354 e. The predicted octanol–water partition coefficient (Wildman–Crippen LogP) is 8.76. The maximum Gasteiger partial charge on any atom is 0.197 e. The molecule has 2 aromatic heterocycles. The van der Waals surface area contributed by atoms with Gasteiger partial charge >= 0.3 is 0 Å². The van der Waals surface area contributed by atoms with E-state index in [0.717, 1.165) is 6.42 Å². The summed E-state index contributed by atoms with van der Waals surface area (Å²) in [4.78, 5) is 3.93. The molecule has 1 aliphatic heterocycles. The highest BCUT2D eigenvalue weighted by Crippen LogP contribution is 2.44. The van der Waals surface area contributed by atoms with Gasteiger partial charge in [-0.05, 0) is 76.5 Å². The molecule has 205 valence electrons. The fraction of sp³-hybridized carbons (Fsp3) is 0.0732. The van der Waals surface area contributed by atoms with Gasteiger partial charge in [0.1, 0.15) is 0 Å². The molecular weight excluding hydrogens is 531 g/mol. The standard InChI is InChI=1S/C41H28BN2/c1-23-10-7-11-24(2)37(23)26-21-32(29-15-8-16-30-33-20-25-12-3-4-13-27(25)39(33)43-40(29)30)38-36(22-26)44-35-19-6-5-14-28(35)31-17-9-18-34(42-38)41(31)44/h3-19,21-22,43H,20H2,1-2H3. The summed E-state index contributed by atoms with van der Waals surface area (Å²) in [6, 6.07) is 42.8.